The molecular formula is C11H12F3NS. The van der Waals surface area contributed by atoms with Gasteiger partial charge in [0.1, 0.15) is 0 Å². The molecule has 1 fully saturated rings. The summed E-state index contributed by atoms with van der Waals surface area (Å²) in [5, 5.41) is 0. The average Bonchev–Trinajstić information content (AvgIpc) is 2.79. The topological polar surface area (TPSA) is 26.0 Å². The van der Waals surface area contributed by atoms with Crippen molar-refractivity contribution >= 4 is 11.8 Å². The quantitative estimate of drug-likeness (QED) is 0.813. The molecule has 1 saturated heterocycles. The van der Waals surface area contributed by atoms with E-state index in [4.69, 9.17) is 5.73 Å². The predicted molar refractivity (Wildman–Crippen MR) is 58.7 cm³/mol. The lowest BCUT2D eigenvalue weighted by molar-refractivity contribution is 0.413. The number of hydrogen-bond acceptors (Lipinski definition) is 2. The zero-order valence-corrected chi connectivity index (χ0v) is 9.37. The maximum absolute atomic E-state index is 13.5. The summed E-state index contributed by atoms with van der Waals surface area (Å²) in [4.78, 5) is 0. The predicted octanol–water partition coefficient (Wildman–Crippen LogP) is 2.86. The van der Waals surface area contributed by atoms with E-state index in [-0.39, 0.29) is 11.5 Å². The molecule has 16 heavy (non-hydrogen) atoms. The van der Waals surface area contributed by atoms with E-state index in [1.165, 1.54) is 6.07 Å². The Balaban J connectivity index is 2.29. The van der Waals surface area contributed by atoms with Crippen LogP contribution in [-0.2, 0) is 0 Å². The van der Waals surface area contributed by atoms with E-state index < -0.39 is 23.5 Å². The molecule has 88 valence electrons. The van der Waals surface area contributed by atoms with Crippen molar-refractivity contribution < 1.29 is 13.2 Å². The first-order valence-electron chi connectivity index (χ1n) is 5.08. The van der Waals surface area contributed by atoms with E-state index in [0.717, 1.165) is 24.0 Å². The van der Waals surface area contributed by atoms with Crippen LogP contribution < -0.4 is 5.73 Å². The highest BCUT2D eigenvalue weighted by Crippen LogP contribution is 2.34. The Morgan fingerprint density at radius 1 is 1.25 bits per heavy atom. The van der Waals surface area contributed by atoms with Crippen LogP contribution in [0.2, 0.25) is 0 Å². The van der Waals surface area contributed by atoms with Gasteiger partial charge in [0.25, 0.3) is 0 Å². The largest absolute Gasteiger partial charge is 0.324 e. The van der Waals surface area contributed by atoms with Crippen LogP contribution >= 0.6 is 11.8 Å². The highest BCUT2D eigenvalue weighted by atomic mass is 32.2. The molecule has 1 heterocycles. The normalized spacial score (nSPS) is 22.4. The Bertz CT molecular complexity index is 391. The second-order valence-corrected chi connectivity index (χ2v) is 5.06. The fourth-order valence-corrected chi connectivity index (χ4v) is 3.20. The van der Waals surface area contributed by atoms with Crippen molar-refractivity contribution in [2.24, 2.45) is 11.7 Å². The first kappa shape index (κ1) is 11.8. The van der Waals surface area contributed by atoms with Gasteiger partial charge >= 0.3 is 0 Å². The molecule has 2 atom stereocenters. The smallest absolute Gasteiger partial charge is 0.194 e. The Labute approximate surface area is 96.2 Å². The molecule has 2 rings (SSSR count). The van der Waals surface area contributed by atoms with Gasteiger partial charge in [0.2, 0.25) is 0 Å². The van der Waals surface area contributed by atoms with Crippen molar-refractivity contribution in [3.8, 4) is 0 Å². The molecule has 0 saturated carbocycles. The summed E-state index contributed by atoms with van der Waals surface area (Å²) in [5.41, 5.74) is 5.95. The lowest BCUT2D eigenvalue weighted by Crippen LogP contribution is -2.23. The summed E-state index contributed by atoms with van der Waals surface area (Å²) in [6.07, 6.45) is 0.893. The summed E-state index contributed by atoms with van der Waals surface area (Å²) in [5.74, 6) is -1.77. The summed E-state index contributed by atoms with van der Waals surface area (Å²) < 4.78 is 39.2. The third-order valence-electron chi connectivity index (χ3n) is 2.90. The molecule has 0 aromatic heterocycles. The molecule has 0 bridgehead atoms. The maximum atomic E-state index is 13.5. The molecule has 1 aromatic carbocycles. The third-order valence-corrected chi connectivity index (χ3v) is 4.09. The first-order valence-corrected chi connectivity index (χ1v) is 6.23. The average molecular weight is 247 g/mol. The van der Waals surface area contributed by atoms with Crippen LogP contribution in [0.1, 0.15) is 18.0 Å². The SMILES string of the molecule is NC(c1ccc(F)c(F)c1F)C1CCSC1. The maximum Gasteiger partial charge on any atom is 0.194 e. The van der Waals surface area contributed by atoms with E-state index in [1.807, 2.05) is 0 Å². The molecule has 2 unspecified atom stereocenters. The molecule has 0 amide bonds. The van der Waals surface area contributed by atoms with Crippen molar-refractivity contribution in [3.05, 3.63) is 35.1 Å². The van der Waals surface area contributed by atoms with Gasteiger partial charge in [0.05, 0.1) is 0 Å². The number of benzene rings is 1. The van der Waals surface area contributed by atoms with Gasteiger partial charge in [0, 0.05) is 11.6 Å². The zero-order chi connectivity index (χ0) is 11.7. The molecular weight excluding hydrogens is 235 g/mol. The second kappa shape index (κ2) is 4.67. The van der Waals surface area contributed by atoms with Crippen molar-refractivity contribution in [1.82, 2.24) is 0 Å². The van der Waals surface area contributed by atoms with Crippen molar-refractivity contribution in [3.63, 3.8) is 0 Å². The number of nitrogens with two attached hydrogens (primary N) is 1. The van der Waals surface area contributed by atoms with Gasteiger partial charge in [-0.15, -0.1) is 0 Å². The Morgan fingerprint density at radius 2 is 2.00 bits per heavy atom. The zero-order valence-electron chi connectivity index (χ0n) is 8.55. The second-order valence-electron chi connectivity index (χ2n) is 3.91. The Kier molecular flexibility index (Phi) is 3.44. The van der Waals surface area contributed by atoms with Gasteiger partial charge in [-0.2, -0.15) is 11.8 Å². The summed E-state index contributed by atoms with van der Waals surface area (Å²) >= 11 is 1.75. The van der Waals surface area contributed by atoms with E-state index in [1.54, 1.807) is 11.8 Å². The molecule has 1 aromatic rings. The minimum Gasteiger partial charge on any atom is -0.324 e. The molecule has 0 aliphatic carbocycles. The van der Waals surface area contributed by atoms with Crippen LogP contribution in [0.25, 0.3) is 0 Å². The summed E-state index contributed by atoms with van der Waals surface area (Å²) in [6.45, 7) is 0. The van der Waals surface area contributed by atoms with Gasteiger partial charge in [-0.3, -0.25) is 0 Å². The standard InChI is InChI=1S/C11H12F3NS/c12-8-2-1-7(9(13)10(8)14)11(15)6-3-4-16-5-6/h1-2,6,11H,3-5,15H2. The Morgan fingerprint density at radius 3 is 2.62 bits per heavy atom. The number of thioether (sulfide) groups is 1. The summed E-state index contributed by atoms with van der Waals surface area (Å²) in [7, 11) is 0. The minimum absolute atomic E-state index is 0.0754. The van der Waals surface area contributed by atoms with Crippen LogP contribution in [0, 0.1) is 23.4 Å². The van der Waals surface area contributed by atoms with Crippen LogP contribution in [0.15, 0.2) is 12.1 Å². The van der Waals surface area contributed by atoms with Crippen LogP contribution in [0.3, 0.4) is 0 Å². The van der Waals surface area contributed by atoms with Gasteiger partial charge in [-0.1, -0.05) is 6.07 Å². The van der Waals surface area contributed by atoms with Crippen molar-refractivity contribution in [1.29, 1.82) is 0 Å². The van der Waals surface area contributed by atoms with Gasteiger partial charge in [-0.05, 0) is 29.9 Å². The molecule has 0 radical (unpaired) electrons. The molecule has 1 aliphatic heterocycles. The molecule has 2 N–H and O–H groups in total. The molecule has 1 aliphatic rings. The van der Waals surface area contributed by atoms with E-state index in [2.05, 4.69) is 0 Å². The van der Waals surface area contributed by atoms with E-state index >= 15 is 0 Å². The van der Waals surface area contributed by atoms with Gasteiger partial charge in [0.15, 0.2) is 17.5 Å². The third kappa shape index (κ3) is 2.06. The van der Waals surface area contributed by atoms with E-state index in [0.29, 0.717) is 0 Å². The number of halogens is 3. The number of rotatable bonds is 2. The minimum atomic E-state index is -1.43. The molecule has 1 nitrogen and oxygen atoms in total. The van der Waals surface area contributed by atoms with Gasteiger partial charge < -0.3 is 5.73 Å². The lowest BCUT2D eigenvalue weighted by Gasteiger charge is -2.19. The van der Waals surface area contributed by atoms with Crippen molar-refractivity contribution in [2.45, 2.75) is 12.5 Å². The van der Waals surface area contributed by atoms with Gasteiger partial charge in [-0.25, -0.2) is 13.2 Å². The fraction of sp³-hybridized carbons (Fsp3) is 0.455. The molecule has 5 heteroatoms. The highest BCUT2D eigenvalue weighted by Gasteiger charge is 2.27. The fourth-order valence-electron chi connectivity index (χ4n) is 1.89. The molecule has 0 spiro atoms. The lowest BCUT2D eigenvalue weighted by atomic mass is 9.93. The van der Waals surface area contributed by atoms with Crippen molar-refractivity contribution in [2.75, 3.05) is 11.5 Å². The van der Waals surface area contributed by atoms with Crippen LogP contribution in [0.5, 0.6) is 0 Å². The Hall–Kier alpha value is -0.680. The van der Waals surface area contributed by atoms with Crippen LogP contribution in [-0.4, -0.2) is 11.5 Å². The highest BCUT2D eigenvalue weighted by molar-refractivity contribution is 7.99. The van der Waals surface area contributed by atoms with Crippen LogP contribution in [0.4, 0.5) is 13.2 Å². The monoisotopic (exact) mass is 247 g/mol. The van der Waals surface area contributed by atoms with E-state index in [9.17, 15) is 13.2 Å². The number of hydrogen-bond donors (Lipinski definition) is 1. The first-order chi connectivity index (χ1) is 7.61. The summed E-state index contributed by atoms with van der Waals surface area (Å²) in [6, 6.07) is 1.61.